The second kappa shape index (κ2) is 6.54. The first-order valence-electron chi connectivity index (χ1n) is 9.89. The van der Waals surface area contributed by atoms with Gasteiger partial charge in [0.25, 0.3) is 0 Å². The molecule has 1 aromatic rings. The zero-order valence-electron chi connectivity index (χ0n) is 17.1. The number of non-ortho nitro benzene ring substituents is 1. The maximum absolute atomic E-state index is 13.4. The van der Waals surface area contributed by atoms with Crippen molar-refractivity contribution in [2.45, 2.75) is 68.9 Å². The molecule has 3 fully saturated rings. The van der Waals surface area contributed by atoms with Gasteiger partial charge in [-0.25, -0.2) is 0 Å². The molecule has 0 aromatic heterocycles. The van der Waals surface area contributed by atoms with E-state index in [4.69, 9.17) is 4.74 Å². The van der Waals surface area contributed by atoms with E-state index >= 15 is 0 Å². The summed E-state index contributed by atoms with van der Waals surface area (Å²) in [5.74, 6) is -0.298. The van der Waals surface area contributed by atoms with E-state index in [9.17, 15) is 19.7 Å². The fourth-order valence-electron chi connectivity index (χ4n) is 5.48. The van der Waals surface area contributed by atoms with Gasteiger partial charge in [-0.15, -0.1) is 0 Å². The van der Waals surface area contributed by atoms with Crippen molar-refractivity contribution in [1.29, 1.82) is 0 Å². The second-order valence-corrected chi connectivity index (χ2v) is 12.5. The topological polar surface area (TPSA) is 89.8 Å². The Bertz CT molecular complexity index is 864. The number of hydrogen-bond acceptors (Lipinski definition) is 5. The van der Waals surface area contributed by atoms with E-state index in [1.165, 1.54) is 12.1 Å². The molecule has 0 unspecified atom stereocenters. The molecule has 3 aliphatic rings. The Morgan fingerprint density at radius 1 is 1.21 bits per heavy atom. The molecule has 1 spiro atoms. The number of rotatable bonds is 4. The van der Waals surface area contributed by atoms with E-state index in [0.717, 1.165) is 12.8 Å². The first-order chi connectivity index (χ1) is 13.5. The quantitative estimate of drug-likeness (QED) is 0.224. The molecular formula is C21H26N2O5Se. The van der Waals surface area contributed by atoms with E-state index < -0.39 is 11.0 Å². The normalized spacial score (nSPS) is 28.1. The number of ether oxygens (including phenoxy) is 1. The molecule has 29 heavy (non-hydrogen) atoms. The molecule has 1 aliphatic carbocycles. The Balaban J connectivity index is 1.59. The molecule has 4 rings (SSSR count). The van der Waals surface area contributed by atoms with Gasteiger partial charge < -0.3 is 0 Å². The number of fused-ring (bicyclic) bond motifs is 1. The fraction of sp³-hybridized carbons (Fsp3) is 0.619. The summed E-state index contributed by atoms with van der Waals surface area (Å²) >= 11 is 0.140. The predicted octanol–water partition coefficient (Wildman–Crippen LogP) is 3.29. The van der Waals surface area contributed by atoms with Crippen LogP contribution in [-0.4, -0.2) is 47.6 Å². The second-order valence-electron chi connectivity index (χ2n) is 9.51. The van der Waals surface area contributed by atoms with Crippen molar-refractivity contribution in [3.63, 3.8) is 0 Å². The van der Waals surface area contributed by atoms with Gasteiger partial charge in [0.1, 0.15) is 0 Å². The average molecular weight is 465 g/mol. The minimum absolute atomic E-state index is 0.000921. The number of β-lactam (4-membered cyclic amide) rings is 1. The standard InChI is InChI=1S/C21H26N2O5Se/c1-19(2)9-10-20(3,4)21(19)17(22-15(24)11-16(22)29-21)18(25)28-12-13-5-7-14(8-6-13)23(26)27/h5-8,16-17H,9-12H2,1-4H3/t16-,17+/m1/s1. The first kappa shape index (κ1) is 20.4. The van der Waals surface area contributed by atoms with Gasteiger partial charge in [0.15, 0.2) is 0 Å². The predicted molar refractivity (Wildman–Crippen MR) is 107 cm³/mol. The van der Waals surface area contributed by atoms with Gasteiger partial charge in [-0.1, -0.05) is 0 Å². The monoisotopic (exact) mass is 466 g/mol. The van der Waals surface area contributed by atoms with Crippen molar-refractivity contribution in [2.75, 3.05) is 0 Å². The molecule has 1 amide bonds. The Kier molecular flexibility index (Phi) is 4.59. The van der Waals surface area contributed by atoms with Crippen molar-refractivity contribution in [1.82, 2.24) is 4.90 Å². The summed E-state index contributed by atoms with van der Waals surface area (Å²) < 4.78 is 5.44. The number of amides is 1. The van der Waals surface area contributed by atoms with Crippen molar-refractivity contribution < 1.29 is 19.2 Å². The number of carbonyl (C=O) groups excluding carboxylic acids is 2. The van der Waals surface area contributed by atoms with Crippen LogP contribution in [0.2, 0.25) is 4.31 Å². The van der Waals surface area contributed by atoms with Gasteiger partial charge >= 0.3 is 176 Å². The van der Waals surface area contributed by atoms with Crippen LogP contribution < -0.4 is 0 Å². The molecule has 8 heteroatoms. The van der Waals surface area contributed by atoms with E-state index in [2.05, 4.69) is 27.7 Å². The molecule has 1 aromatic carbocycles. The molecule has 2 saturated heterocycles. The molecule has 1 saturated carbocycles. The van der Waals surface area contributed by atoms with Crippen LogP contribution in [0.1, 0.15) is 52.5 Å². The number of nitro benzene ring substituents is 1. The van der Waals surface area contributed by atoms with Crippen LogP contribution in [0, 0.1) is 20.9 Å². The van der Waals surface area contributed by atoms with E-state index in [1.807, 2.05) is 0 Å². The van der Waals surface area contributed by atoms with Crippen LogP contribution in [-0.2, 0) is 20.9 Å². The molecule has 0 radical (unpaired) electrons. The van der Waals surface area contributed by atoms with Crippen molar-refractivity contribution in [3.05, 3.63) is 39.9 Å². The number of nitro groups is 1. The number of benzene rings is 1. The van der Waals surface area contributed by atoms with Gasteiger partial charge in [0.05, 0.1) is 0 Å². The third-order valence-corrected chi connectivity index (χ3v) is 12.0. The first-order valence-corrected chi connectivity index (χ1v) is 11.7. The average Bonchev–Trinajstić information content (AvgIpc) is 3.05. The Labute approximate surface area is 176 Å². The number of carbonyl (C=O) groups is 2. The summed E-state index contributed by atoms with van der Waals surface area (Å²) in [5, 5.41) is 10.8. The van der Waals surface area contributed by atoms with Crippen LogP contribution in [0.5, 0.6) is 0 Å². The molecular weight excluding hydrogens is 439 g/mol. The SMILES string of the molecule is CC1(C)CCC(C)(C)C12[Se][C@@H]1CC(=O)N1[C@H]2C(=O)OCc1ccc([N+](=O)[O-])cc1. The zero-order valence-corrected chi connectivity index (χ0v) is 18.8. The van der Waals surface area contributed by atoms with Gasteiger partial charge in [-0.2, -0.15) is 0 Å². The Morgan fingerprint density at radius 2 is 1.79 bits per heavy atom. The van der Waals surface area contributed by atoms with Crippen molar-refractivity contribution >= 4 is 32.5 Å². The summed E-state index contributed by atoms with van der Waals surface area (Å²) in [7, 11) is 0. The van der Waals surface area contributed by atoms with Crippen molar-refractivity contribution in [3.8, 4) is 0 Å². The van der Waals surface area contributed by atoms with Crippen LogP contribution in [0.15, 0.2) is 24.3 Å². The van der Waals surface area contributed by atoms with Gasteiger partial charge in [0, 0.05) is 0 Å². The van der Waals surface area contributed by atoms with Crippen LogP contribution in [0.25, 0.3) is 0 Å². The summed E-state index contributed by atoms with van der Waals surface area (Å²) in [6.45, 7) is 8.98. The molecule has 2 heterocycles. The number of nitrogens with zero attached hydrogens (tertiary/aromatic N) is 2. The van der Waals surface area contributed by atoms with Crippen LogP contribution in [0.4, 0.5) is 5.69 Å². The Morgan fingerprint density at radius 3 is 2.31 bits per heavy atom. The Hall–Kier alpha value is -1.92. The molecule has 0 bridgehead atoms. The van der Waals surface area contributed by atoms with Gasteiger partial charge in [-0.05, 0) is 0 Å². The molecule has 7 nitrogen and oxygen atoms in total. The summed E-state index contributed by atoms with van der Waals surface area (Å²) in [6, 6.07) is 5.46. The number of hydrogen-bond donors (Lipinski definition) is 0. The third kappa shape index (κ3) is 2.83. The van der Waals surface area contributed by atoms with E-state index in [0.29, 0.717) is 12.0 Å². The minimum atomic E-state index is -0.542. The fourth-order valence-corrected chi connectivity index (χ4v) is 10.1. The third-order valence-electron chi connectivity index (χ3n) is 7.07. The van der Waals surface area contributed by atoms with Crippen molar-refractivity contribution in [2.24, 2.45) is 10.8 Å². The van der Waals surface area contributed by atoms with E-state index in [1.54, 1.807) is 17.0 Å². The van der Waals surface area contributed by atoms with Gasteiger partial charge in [-0.3, -0.25) is 0 Å². The molecule has 2 aliphatic heterocycles. The summed E-state index contributed by atoms with van der Waals surface area (Å²) in [6.07, 6.45) is 2.60. The summed E-state index contributed by atoms with van der Waals surface area (Å²) in [4.78, 5) is 38.1. The molecule has 0 N–H and O–H groups in total. The summed E-state index contributed by atoms with van der Waals surface area (Å²) in [5.41, 5.74) is 0.593. The maximum atomic E-state index is 13.4. The van der Waals surface area contributed by atoms with Gasteiger partial charge in [0.2, 0.25) is 0 Å². The van der Waals surface area contributed by atoms with Crippen LogP contribution >= 0.6 is 0 Å². The zero-order chi connectivity index (χ0) is 21.2. The van der Waals surface area contributed by atoms with Crippen LogP contribution in [0.3, 0.4) is 0 Å². The molecule has 156 valence electrons. The molecule has 2 atom stereocenters. The number of esters is 1. The van der Waals surface area contributed by atoms with E-state index in [-0.39, 0.29) is 59.2 Å².